The smallest absolute Gasteiger partial charge is 0.287 e. The minimum absolute atomic E-state index is 0.199. The molecule has 6 heteroatoms. The molecule has 0 spiro atoms. The fraction of sp³-hybridized carbons (Fsp3) is 0.176. The zero-order valence-corrected chi connectivity index (χ0v) is 12.2. The first-order chi connectivity index (χ1) is 11.3. The third-order valence-electron chi connectivity index (χ3n) is 3.79. The second kappa shape index (κ2) is 5.21. The summed E-state index contributed by atoms with van der Waals surface area (Å²) in [6.07, 6.45) is 3.70. The summed E-state index contributed by atoms with van der Waals surface area (Å²) in [6, 6.07) is 13.0. The lowest BCUT2D eigenvalue weighted by Crippen LogP contribution is -2.28. The number of pyridine rings is 1. The van der Waals surface area contributed by atoms with Gasteiger partial charge in [0.05, 0.1) is 11.6 Å². The Labute approximate surface area is 132 Å². The van der Waals surface area contributed by atoms with Crippen LogP contribution in [0.1, 0.15) is 29.0 Å². The van der Waals surface area contributed by atoms with Gasteiger partial charge in [0.15, 0.2) is 5.65 Å². The van der Waals surface area contributed by atoms with Crippen LogP contribution in [-0.2, 0) is 0 Å². The van der Waals surface area contributed by atoms with Crippen LogP contribution in [0.3, 0.4) is 0 Å². The molecular weight excluding hydrogens is 290 g/mol. The van der Waals surface area contributed by atoms with Crippen LogP contribution in [0.25, 0.3) is 16.9 Å². The number of carbonyl (C=O) groups excluding carboxylic acids is 1. The molecule has 1 aliphatic carbocycles. The van der Waals surface area contributed by atoms with E-state index < -0.39 is 0 Å². The van der Waals surface area contributed by atoms with E-state index in [0.29, 0.717) is 22.6 Å². The number of amides is 1. The van der Waals surface area contributed by atoms with Crippen LogP contribution in [0, 0.1) is 11.3 Å². The molecule has 0 radical (unpaired) electrons. The van der Waals surface area contributed by atoms with Crippen molar-refractivity contribution in [3.8, 4) is 11.8 Å². The Bertz CT molecular complexity index is 932. The summed E-state index contributed by atoms with van der Waals surface area (Å²) < 4.78 is 1.73. The number of imidazole rings is 1. The average molecular weight is 303 g/mol. The number of carbonyl (C=O) groups is 1. The highest BCUT2D eigenvalue weighted by atomic mass is 16.2. The summed E-state index contributed by atoms with van der Waals surface area (Å²) in [4.78, 5) is 21.3. The molecule has 1 aliphatic rings. The molecular formula is C17H13N5O. The number of rotatable bonds is 3. The van der Waals surface area contributed by atoms with Crippen LogP contribution < -0.4 is 5.32 Å². The number of nitriles is 1. The number of hydrogen-bond acceptors (Lipinski definition) is 4. The standard InChI is InChI=1S/C17H13N5O/c18-10-11-3-7-13(8-4-11)22-15-14(2-1-9-19-15)21-16(22)17(23)20-12-5-6-12/h1-4,7-9,12H,5-6H2,(H,20,23). The highest BCUT2D eigenvalue weighted by Crippen LogP contribution is 2.23. The SMILES string of the molecule is N#Cc1ccc(-n2c(C(=O)NC3CC3)nc3cccnc32)cc1. The van der Waals surface area contributed by atoms with E-state index in [0.717, 1.165) is 18.5 Å². The monoisotopic (exact) mass is 303 g/mol. The molecule has 0 unspecified atom stereocenters. The van der Waals surface area contributed by atoms with Gasteiger partial charge in [0, 0.05) is 17.9 Å². The Hall–Kier alpha value is -3.20. The van der Waals surface area contributed by atoms with Crippen molar-refractivity contribution in [2.45, 2.75) is 18.9 Å². The van der Waals surface area contributed by atoms with E-state index in [2.05, 4.69) is 21.4 Å². The normalized spacial score (nSPS) is 13.7. The van der Waals surface area contributed by atoms with Crippen LogP contribution in [-0.4, -0.2) is 26.5 Å². The third kappa shape index (κ3) is 2.42. The lowest BCUT2D eigenvalue weighted by molar-refractivity contribution is 0.0939. The van der Waals surface area contributed by atoms with Crippen molar-refractivity contribution in [2.24, 2.45) is 0 Å². The minimum atomic E-state index is -0.199. The second-order valence-corrected chi connectivity index (χ2v) is 5.52. The zero-order chi connectivity index (χ0) is 15.8. The number of aromatic nitrogens is 3. The maximum Gasteiger partial charge on any atom is 0.287 e. The van der Waals surface area contributed by atoms with Gasteiger partial charge < -0.3 is 5.32 Å². The number of hydrogen-bond donors (Lipinski definition) is 1. The fourth-order valence-electron chi connectivity index (χ4n) is 2.47. The summed E-state index contributed by atoms with van der Waals surface area (Å²) in [5.41, 5.74) is 2.61. The number of nitrogens with one attached hydrogen (secondary N) is 1. The molecule has 2 heterocycles. The molecule has 0 atom stereocenters. The van der Waals surface area contributed by atoms with Gasteiger partial charge in [-0.05, 0) is 49.2 Å². The van der Waals surface area contributed by atoms with Gasteiger partial charge in [0.25, 0.3) is 5.91 Å². The minimum Gasteiger partial charge on any atom is -0.347 e. The molecule has 4 rings (SSSR count). The van der Waals surface area contributed by atoms with Gasteiger partial charge in [-0.3, -0.25) is 9.36 Å². The van der Waals surface area contributed by atoms with Crippen LogP contribution in [0.5, 0.6) is 0 Å². The molecule has 23 heavy (non-hydrogen) atoms. The molecule has 1 amide bonds. The predicted octanol–water partition coefficient (Wildman–Crippen LogP) is 2.18. The van der Waals surface area contributed by atoms with E-state index in [1.54, 1.807) is 41.1 Å². The molecule has 0 bridgehead atoms. The van der Waals surface area contributed by atoms with E-state index in [9.17, 15) is 4.79 Å². The quantitative estimate of drug-likeness (QED) is 0.804. The Balaban J connectivity index is 1.87. The van der Waals surface area contributed by atoms with Crippen molar-refractivity contribution >= 4 is 17.1 Å². The van der Waals surface area contributed by atoms with Gasteiger partial charge in [0.2, 0.25) is 5.82 Å². The van der Waals surface area contributed by atoms with E-state index in [1.807, 2.05) is 6.07 Å². The highest BCUT2D eigenvalue weighted by Gasteiger charge is 2.27. The molecule has 6 nitrogen and oxygen atoms in total. The molecule has 2 aromatic heterocycles. The van der Waals surface area contributed by atoms with Gasteiger partial charge in [-0.25, -0.2) is 9.97 Å². The predicted molar refractivity (Wildman–Crippen MR) is 84.1 cm³/mol. The van der Waals surface area contributed by atoms with Gasteiger partial charge in [-0.1, -0.05) is 0 Å². The van der Waals surface area contributed by atoms with Crippen LogP contribution in [0.2, 0.25) is 0 Å². The first kappa shape index (κ1) is 13.5. The number of benzene rings is 1. The summed E-state index contributed by atoms with van der Waals surface area (Å²) in [7, 11) is 0. The first-order valence-electron chi connectivity index (χ1n) is 7.41. The van der Waals surface area contributed by atoms with Crippen molar-refractivity contribution in [1.82, 2.24) is 19.9 Å². The van der Waals surface area contributed by atoms with Crippen molar-refractivity contribution in [3.63, 3.8) is 0 Å². The van der Waals surface area contributed by atoms with Crippen LogP contribution in [0.4, 0.5) is 0 Å². The molecule has 1 N–H and O–H groups in total. The molecule has 1 aromatic carbocycles. The third-order valence-corrected chi connectivity index (χ3v) is 3.79. The Kier molecular flexibility index (Phi) is 3.05. The van der Waals surface area contributed by atoms with Crippen molar-refractivity contribution in [3.05, 3.63) is 54.0 Å². The Morgan fingerprint density at radius 1 is 1.26 bits per heavy atom. The zero-order valence-electron chi connectivity index (χ0n) is 12.2. The maximum atomic E-state index is 12.5. The summed E-state index contributed by atoms with van der Waals surface area (Å²) in [6.45, 7) is 0. The summed E-state index contributed by atoms with van der Waals surface area (Å²) in [5.74, 6) is 0.116. The number of fused-ring (bicyclic) bond motifs is 1. The molecule has 0 saturated heterocycles. The Morgan fingerprint density at radius 2 is 2.04 bits per heavy atom. The van der Waals surface area contributed by atoms with E-state index in [1.165, 1.54) is 0 Å². The second-order valence-electron chi connectivity index (χ2n) is 5.52. The fourth-order valence-corrected chi connectivity index (χ4v) is 2.47. The summed E-state index contributed by atoms with van der Waals surface area (Å²) in [5, 5.41) is 11.9. The lowest BCUT2D eigenvalue weighted by Gasteiger charge is -2.08. The van der Waals surface area contributed by atoms with Gasteiger partial charge in [-0.15, -0.1) is 0 Å². The molecule has 1 fully saturated rings. The molecule has 1 saturated carbocycles. The van der Waals surface area contributed by atoms with Crippen LogP contribution in [0.15, 0.2) is 42.6 Å². The molecule has 3 aromatic rings. The van der Waals surface area contributed by atoms with E-state index in [4.69, 9.17) is 5.26 Å². The molecule has 112 valence electrons. The first-order valence-corrected chi connectivity index (χ1v) is 7.41. The number of nitrogens with zero attached hydrogens (tertiary/aromatic N) is 4. The van der Waals surface area contributed by atoms with Gasteiger partial charge in [-0.2, -0.15) is 5.26 Å². The largest absolute Gasteiger partial charge is 0.347 e. The van der Waals surface area contributed by atoms with Crippen molar-refractivity contribution in [1.29, 1.82) is 5.26 Å². The van der Waals surface area contributed by atoms with Crippen molar-refractivity contribution in [2.75, 3.05) is 0 Å². The van der Waals surface area contributed by atoms with Gasteiger partial charge >= 0.3 is 0 Å². The van der Waals surface area contributed by atoms with E-state index in [-0.39, 0.29) is 11.9 Å². The topological polar surface area (TPSA) is 83.6 Å². The summed E-state index contributed by atoms with van der Waals surface area (Å²) >= 11 is 0. The van der Waals surface area contributed by atoms with Gasteiger partial charge in [0.1, 0.15) is 5.52 Å². The Morgan fingerprint density at radius 3 is 2.74 bits per heavy atom. The van der Waals surface area contributed by atoms with Crippen LogP contribution >= 0.6 is 0 Å². The van der Waals surface area contributed by atoms with Crippen molar-refractivity contribution < 1.29 is 4.79 Å². The molecule has 0 aliphatic heterocycles. The van der Waals surface area contributed by atoms with E-state index >= 15 is 0 Å². The maximum absolute atomic E-state index is 12.5. The lowest BCUT2D eigenvalue weighted by atomic mass is 10.2. The average Bonchev–Trinajstić information content (AvgIpc) is 3.31. The highest BCUT2D eigenvalue weighted by molar-refractivity contribution is 5.95.